The predicted molar refractivity (Wildman–Crippen MR) is 84.9 cm³/mol. The molecule has 0 fully saturated rings. The second-order valence-corrected chi connectivity index (χ2v) is 5.93. The molecule has 0 spiro atoms. The Kier molecular flexibility index (Phi) is 6.08. The van der Waals surface area contributed by atoms with Gasteiger partial charge in [0.1, 0.15) is 18.1 Å². The van der Waals surface area contributed by atoms with E-state index in [0.29, 0.717) is 6.61 Å². The number of benzene rings is 1. The summed E-state index contributed by atoms with van der Waals surface area (Å²) in [5.41, 5.74) is 2.20. The lowest BCUT2D eigenvalue weighted by atomic mass is 9.86. The number of hydrogen-bond acceptors (Lipinski definition) is 3. The lowest BCUT2D eigenvalue weighted by Crippen LogP contribution is -2.20. The Bertz CT molecular complexity index is 447. The molecular formula is C17H27NO2. The quantitative estimate of drug-likeness (QED) is 0.773. The molecule has 0 aromatic heterocycles. The Morgan fingerprint density at radius 3 is 2.55 bits per heavy atom. The highest BCUT2D eigenvalue weighted by molar-refractivity contribution is 5.44. The van der Waals surface area contributed by atoms with E-state index in [0.717, 1.165) is 35.7 Å². The number of rotatable bonds is 7. The molecule has 0 heterocycles. The Balaban J connectivity index is 2.81. The summed E-state index contributed by atoms with van der Waals surface area (Å²) >= 11 is 0. The average Bonchev–Trinajstić information content (AvgIpc) is 2.41. The van der Waals surface area contributed by atoms with E-state index in [1.807, 2.05) is 18.2 Å². The van der Waals surface area contributed by atoms with Crippen molar-refractivity contribution in [2.24, 2.45) is 0 Å². The average molecular weight is 277 g/mol. The molecule has 3 nitrogen and oxygen atoms in total. The lowest BCUT2D eigenvalue weighted by Gasteiger charge is -2.23. The molecule has 1 aromatic carbocycles. The van der Waals surface area contributed by atoms with Crippen molar-refractivity contribution in [2.45, 2.75) is 33.1 Å². The number of methoxy groups -OCH3 is 1. The summed E-state index contributed by atoms with van der Waals surface area (Å²) in [6, 6.07) is 5.94. The van der Waals surface area contributed by atoms with Crippen LogP contribution in [0.25, 0.3) is 0 Å². The van der Waals surface area contributed by atoms with E-state index in [2.05, 4.69) is 39.6 Å². The van der Waals surface area contributed by atoms with Gasteiger partial charge in [0.25, 0.3) is 0 Å². The van der Waals surface area contributed by atoms with Crippen molar-refractivity contribution in [3.8, 4) is 11.5 Å². The van der Waals surface area contributed by atoms with E-state index in [1.165, 1.54) is 0 Å². The topological polar surface area (TPSA) is 30.5 Å². The van der Waals surface area contributed by atoms with Gasteiger partial charge < -0.3 is 14.8 Å². The summed E-state index contributed by atoms with van der Waals surface area (Å²) in [5.74, 6) is 1.75. The van der Waals surface area contributed by atoms with Gasteiger partial charge in [-0.1, -0.05) is 34.3 Å². The number of nitrogens with one attached hydrogen (secondary N) is 1. The Morgan fingerprint density at radius 2 is 2.00 bits per heavy atom. The van der Waals surface area contributed by atoms with Crippen LogP contribution in [0.2, 0.25) is 0 Å². The molecule has 0 aliphatic heterocycles. The van der Waals surface area contributed by atoms with Crippen molar-refractivity contribution in [3.63, 3.8) is 0 Å². The third kappa shape index (κ3) is 4.89. The molecule has 0 saturated heterocycles. The first-order valence-electron chi connectivity index (χ1n) is 7.07. The van der Waals surface area contributed by atoms with Gasteiger partial charge in [0.2, 0.25) is 0 Å². The summed E-state index contributed by atoms with van der Waals surface area (Å²) in [7, 11) is 1.68. The minimum atomic E-state index is 0.00682. The zero-order valence-corrected chi connectivity index (χ0v) is 13.4. The van der Waals surface area contributed by atoms with Gasteiger partial charge in [0.05, 0.1) is 7.11 Å². The molecule has 112 valence electrons. The van der Waals surface area contributed by atoms with Crippen LogP contribution in [0, 0.1) is 0 Å². The van der Waals surface area contributed by atoms with Crippen LogP contribution in [0.5, 0.6) is 11.5 Å². The maximum Gasteiger partial charge on any atom is 0.123 e. The molecule has 0 unspecified atom stereocenters. The van der Waals surface area contributed by atoms with E-state index in [1.54, 1.807) is 7.11 Å². The molecule has 0 amide bonds. The smallest absolute Gasteiger partial charge is 0.123 e. The molecule has 20 heavy (non-hydrogen) atoms. The highest BCUT2D eigenvalue weighted by Gasteiger charge is 2.20. The summed E-state index contributed by atoms with van der Waals surface area (Å²) in [5, 5.41) is 3.25. The first kappa shape index (κ1) is 16.6. The van der Waals surface area contributed by atoms with Crippen LogP contribution in [0.4, 0.5) is 0 Å². The zero-order valence-electron chi connectivity index (χ0n) is 13.4. The first-order valence-corrected chi connectivity index (χ1v) is 7.07. The number of likely N-dealkylation sites (N-methyl/N-ethyl adjacent to an activating group) is 1. The normalized spacial score (nSPS) is 11.2. The molecule has 1 aromatic rings. The summed E-state index contributed by atoms with van der Waals surface area (Å²) in [6.07, 6.45) is 0. The van der Waals surface area contributed by atoms with Gasteiger partial charge in [-0.15, -0.1) is 0 Å². The summed E-state index contributed by atoms with van der Waals surface area (Å²) < 4.78 is 11.2. The van der Waals surface area contributed by atoms with Gasteiger partial charge in [0.15, 0.2) is 0 Å². The van der Waals surface area contributed by atoms with Crippen LogP contribution >= 0.6 is 0 Å². The lowest BCUT2D eigenvalue weighted by molar-refractivity contribution is 0.335. The molecular weight excluding hydrogens is 250 g/mol. The molecule has 3 heteroatoms. The minimum Gasteiger partial charge on any atom is -0.497 e. The van der Waals surface area contributed by atoms with Crippen molar-refractivity contribution in [1.82, 2.24) is 5.32 Å². The van der Waals surface area contributed by atoms with Crippen molar-refractivity contribution in [1.29, 1.82) is 0 Å². The highest BCUT2D eigenvalue weighted by atomic mass is 16.5. The third-order valence-corrected chi connectivity index (χ3v) is 3.05. The van der Waals surface area contributed by atoms with E-state index in [-0.39, 0.29) is 5.41 Å². The fraction of sp³-hybridized carbons (Fsp3) is 0.529. The maximum atomic E-state index is 5.93. The monoisotopic (exact) mass is 277 g/mol. The Labute approximate surface area is 123 Å². The van der Waals surface area contributed by atoms with Crippen LogP contribution in [-0.2, 0) is 5.41 Å². The molecule has 0 atom stereocenters. The van der Waals surface area contributed by atoms with Gasteiger partial charge in [-0.25, -0.2) is 0 Å². The van der Waals surface area contributed by atoms with E-state index < -0.39 is 0 Å². The van der Waals surface area contributed by atoms with Crippen LogP contribution in [0.3, 0.4) is 0 Å². The second-order valence-electron chi connectivity index (χ2n) is 5.93. The number of ether oxygens (including phenoxy) is 2. The second kappa shape index (κ2) is 7.34. The summed E-state index contributed by atoms with van der Waals surface area (Å²) in [6.45, 7) is 14.9. The van der Waals surface area contributed by atoms with Gasteiger partial charge in [-0.2, -0.15) is 0 Å². The van der Waals surface area contributed by atoms with Gasteiger partial charge in [-0.3, -0.25) is 0 Å². The van der Waals surface area contributed by atoms with Gasteiger partial charge in [-0.05, 0) is 35.7 Å². The van der Waals surface area contributed by atoms with E-state index in [9.17, 15) is 0 Å². The number of hydrogen-bond donors (Lipinski definition) is 1. The van der Waals surface area contributed by atoms with Crippen LogP contribution in [0.1, 0.15) is 33.3 Å². The van der Waals surface area contributed by atoms with Gasteiger partial charge >= 0.3 is 0 Å². The molecule has 0 aliphatic rings. The standard InChI is InChI=1S/C17H27NO2/c1-7-18-11-13(2)12-20-16-9-8-14(19-6)10-15(16)17(3,4)5/h8-10,18H,2,7,11-12H2,1,3-6H3. The Hall–Kier alpha value is -1.48. The largest absolute Gasteiger partial charge is 0.497 e. The zero-order chi connectivity index (χ0) is 15.2. The SMILES string of the molecule is C=C(CNCC)COc1ccc(OC)cc1C(C)(C)C. The fourth-order valence-corrected chi connectivity index (χ4v) is 1.88. The van der Waals surface area contributed by atoms with Gasteiger partial charge in [0, 0.05) is 12.1 Å². The van der Waals surface area contributed by atoms with Crippen molar-refractivity contribution >= 4 is 0 Å². The molecule has 1 rings (SSSR count). The maximum absolute atomic E-state index is 5.93. The van der Waals surface area contributed by atoms with Crippen molar-refractivity contribution in [2.75, 3.05) is 26.8 Å². The van der Waals surface area contributed by atoms with Crippen molar-refractivity contribution < 1.29 is 9.47 Å². The molecule has 0 radical (unpaired) electrons. The summed E-state index contributed by atoms with van der Waals surface area (Å²) in [4.78, 5) is 0. The highest BCUT2D eigenvalue weighted by Crippen LogP contribution is 2.34. The molecule has 1 N–H and O–H groups in total. The van der Waals surface area contributed by atoms with Crippen LogP contribution in [0.15, 0.2) is 30.4 Å². The minimum absolute atomic E-state index is 0.00682. The van der Waals surface area contributed by atoms with Crippen LogP contribution in [-0.4, -0.2) is 26.8 Å². The van der Waals surface area contributed by atoms with Crippen molar-refractivity contribution in [3.05, 3.63) is 35.9 Å². The molecule has 0 bridgehead atoms. The van der Waals surface area contributed by atoms with E-state index in [4.69, 9.17) is 9.47 Å². The predicted octanol–water partition coefficient (Wildman–Crippen LogP) is 3.54. The van der Waals surface area contributed by atoms with Crippen LogP contribution < -0.4 is 14.8 Å². The fourth-order valence-electron chi connectivity index (χ4n) is 1.88. The van der Waals surface area contributed by atoms with E-state index >= 15 is 0 Å². The molecule has 0 aliphatic carbocycles. The molecule has 0 saturated carbocycles. The first-order chi connectivity index (χ1) is 9.38. The Morgan fingerprint density at radius 1 is 1.30 bits per heavy atom. The third-order valence-electron chi connectivity index (χ3n) is 3.05.